The molecule has 3 aliphatic heterocycles. The van der Waals surface area contributed by atoms with Crippen molar-refractivity contribution in [2.24, 2.45) is 0 Å². The summed E-state index contributed by atoms with van der Waals surface area (Å²) in [7, 11) is 0. The Morgan fingerprint density at radius 2 is 1.52 bits per heavy atom. The minimum Gasteiger partial charge on any atom is -0.378 e. The number of hydrogen-bond acceptors (Lipinski definition) is 14. The summed E-state index contributed by atoms with van der Waals surface area (Å²) in [6.07, 6.45) is 2.25. The van der Waals surface area contributed by atoms with Gasteiger partial charge in [-0.2, -0.15) is 0 Å². The van der Waals surface area contributed by atoms with Crippen LogP contribution in [0.15, 0.2) is 42.5 Å². The van der Waals surface area contributed by atoms with Crippen LogP contribution in [0.5, 0.6) is 0 Å². The zero-order valence-corrected chi connectivity index (χ0v) is 31.1. The van der Waals surface area contributed by atoms with Gasteiger partial charge in [-0.05, 0) is 5.56 Å². The molecule has 4 rings (SSSR count). The first-order valence-electron chi connectivity index (χ1n) is 18.4. The highest BCUT2D eigenvalue weighted by molar-refractivity contribution is 6.13. The molecule has 2 saturated heterocycles. The largest absolute Gasteiger partial charge is 0.378 e. The molecule has 0 radical (unpaired) electrons. The highest BCUT2D eigenvalue weighted by atomic mass is 16.6. The molecule has 3 heterocycles. The van der Waals surface area contributed by atoms with E-state index in [0.29, 0.717) is 45.7 Å². The van der Waals surface area contributed by atoms with Gasteiger partial charge in [0.2, 0.25) is 29.5 Å². The van der Waals surface area contributed by atoms with E-state index in [1.54, 1.807) is 17.0 Å². The van der Waals surface area contributed by atoms with Crippen molar-refractivity contribution in [2.45, 2.75) is 31.2 Å². The van der Waals surface area contributed by atoms with E-state index >= 15 is 0 Å². The number of nitrogens with one attached hydrogen (secondary N) is 5. The maximum absolute atomic E-state index is 12.9. The maximum atomic E-state index is 12.9. The molecule has 2 fully saturated rings. The smallest absolute Gasteiger partial charge is 0.253 e. The molecule has 0 spiro atoms. The zero-order chi connectivity index (χ0) is 40.1. The number of ether oxygens (including phenoxy) is 4. The lowest BCUT2D eigenvalue weighted by atomic mass is 10.1. The van der Waals surface area contributed by atoms with E-state index in [0.717, 1.165) is 10.5 Å². The quantitative estimate of drug-likeness (QED) is 0.0279. The summed E-state index contributed by atoms with van der Waals surface area (Å²) in [6.45, 7) is 2.11. The first kappa shape index (κ1) is 43.6. The Bertz CT molecular complexity index is 1510. The van der Waals surface area contributed by atoms with Gasteiger partial charge in [0.15, 0.2) is 0 Å². The Morgan fingerprint density at radius 3 is 2.20 bits per heavy atom. The molecule has 1 aromatic carbocycles. The number of nitrogens with zero attached hydrogens (tertiary/aromatic N) is 3. The van der Waals surface area contributed by atoms with Crippen LogP contribution in [0.3, 0.4) is 0 Å². The van der Waals surface area contributed by atoms with Crippen LogP contribution in [0.25, 0.3) is 0 Å². The molecule has 0 bridgehead atoms. The topological polar surface area (TPSA) is 247 Å². The number of rotatable bonds is 20. The van der Waals surface area contributed by atoms with Crippen molar-refractivity contribution in [1.29, 1.82) is 0 Å². The van der Waals surface area contributed by atoms with Gasteiger partial charge >= 0.3 is 0 Å². The molecule has 2 unspecified atom stereocenters. The van der Waals surface area contributed by atoms with E-state index in [4.69, 9.17) is 18.9 Å². The fourth-order valence-corrected chi connectivity index (χ4v) is 5.63. The fourth-order valence-electron chi connectivity index (χ4n) is 5.63. The van der Waals surface area contributed by atoms with E-state index in [-0.39, 0.29) is 90.0 Å². The lowest BCUT2D eigenvalue weighted by Gasteiger charge is -2.26. The number of carbonyl (C=O) groups is 8. The maximum Gasteiger partial charge on any atom is 0.253 e. The average molecular weight is 787 g/mol. The third kappa shape index (κ3) is 15.9. The second-order valence-electron chi connectivity index (χ2n) is 12.9. The van der Waals surface area contributed by atoms with Gasteiger partial charge in [-0.1, -0.05) is 30.3 Å². The molecule has 20 heteroatoms. The number of benzene rings is 1. The summed E-state index contributed by atoms with van der Waals surface area (Å²) >= 11 is 0. The number of hydrogen-bond donors (Lipinski definition) is 5. The van der Waals surface area contributed by atoms with Gasteiger partial charge in [0.05, 0.1) is 46.1 Å². The Labute approximate surface area is 323 Å². The molecule has 1 aromatic rings. The monoisotopic (exact) mass is 786 g/mol. The standard InChI is InChI=1S/C36H50N8O12/c45-14-19-55-25-40-29(46)22-38-35(52)27(20-26-4-2-1-3-5-26)41-30(47)23-39-36-28(56-36)21-37-31(48)24-42-10-15-53-17-12-43(13-18-54-16-11-42)32(49)8-9-44-33(50)6-7-34(44)51/h1-7,14,27-28,36,39H,8-13,15-25H2,(H,37,48)(H,38,52)(H,40,46)(H,41,47)/t27-,28?,36?/m0/s1. The van der Waals surface area contributed by atoms with Crippen LogP contribution in [0.2, 0.25) is 0 Å². The normalized spacial score (nSPS) is 19.6. The van der Waals surface area contributed by atoms with Gasteiger partial charge in [0, 0.05) is 64.3 Å². The first-order chi connectivity index (χ1) is 27.1. The predicted molar refractivity (Wildman–Crippen MR) is 195 cm³/mol. The molecule has 0 aromatic heterocycles. The molecule has 0 saturated carbocycles. The van der Waals surface area contributed by atoms with E-state index in [1.165, 1.54) is 12.2 Å². The van der Waals surface area contributed by atoms with Crippen molar-refractivity contribution >= 4 is 47.6 Å². The molecule has 306 valence electrons. The van der Waals surface area contributed by atoms with Gasteiger partial charge in [0.1, 0.15) is 38.0 Å². The second-order valence-corrected chi connectivity index (χ2v) is 12.9. The van der Waals surface area contributed by atoms with Crippen molar-refractivity contribution in [2.75, 3.05) is 98.7 Å². The van der Waals surface area contributed by atoms with Crippen LogP contribution in [0, 0.1) is 0 Å². The number of carbonyl (C=O) groups excluding carboxylic acids is 8. The van der Waals surface area contributed by atoms with Gasteiger partial charge in [0.25, 0.3) is 11.8 Å². The predicted octanol–water partition coefficient (Wildman–Crippen LogP) is -3.96. The lowest BCUT2D eigenvalue weighted by Crippen LogP contribution is -2.52. The van der Waals surface area contributed by atoms with Crippen LogP contribution < -0.4 is 26.6 Å². The zero-order valence-electron chi connectivity index (χ0n) is 31.1. The summed E-state index contributed by atoms with van der Waals surface area (Å²) < 4.78 is 21.9. The van der Waals surface area contributed by atoms with Crippen molar-refractivity contribution < 1.29 is 57.3 Å². The van der Waals surface area contributed by atoms with Gasteiger partial charge in [-0.25, -0.2) is 0 Å². The third-order valence-electron chi connectivity index (χ3n) is 8.75. The van der Waals surface area contributed by atoms with Crippen molar-refractivity contribution in [1.82, 2.24) is 41.3 Å². The Kier molecular flexibility index (Phi) is 18.5. The fraction of sp³-hybridized carbons (Fsp3) is 0.556. The van der Waals surface area contributed by atoms with E-state index < -0.39 is 41.8 Å². The number of aldehydes is 1. The summed E-state index contributed by atoms with van der Waals surface area (Å²) in [4.78, 5) is 102. The van der Waals surface area contributed by atoms with Gasteiger partial charge in [-0.15, -0.1) is 0 Å². The molecule has 3 atom stereocenters. The molecule has 56 heavy (non-hydrogen) atoms. The number of imide groups is 1. The SMILES string of the molecule is O=CCOCNC(=O)CNC(=O)[C@H](Cc1ccccc1)NC(=O)CNC1OC1CNC(=O)CN1CCOCCN(C(=O)CCN2C(=O)C=CC2=O)CCOCC1. The van der Waals surface area contributed by atoms with Crippen molar-refractivity contribution in [3.05, 3.63) is 48.0 Å². The summed E-state index contributed by atoms with van der Waals surface area (Å²) in [5.41, 5.74) is 0.797. The van der Waals surface area contributed by atoms with Crippen LogP contribution in [0.4, 0.5) is 0 Å². The molecular formula is C36H50N8O12. The van der Waals surface area contributed by atoms with Gasteiger partial charge in [-0.3, -0.25) is 48.7 Å². The molecule has 5 N–H and O–H groups in total. The Hall–Kier alpha value is -5.12. The Balaban J connectivity index is 1.11. The minimum atomic E-state index is -0.975. The minimum absolute atomic E-state index is 0.00345. The number of epoxide rings is 1. The second kappa shape index (κ2) is 23.7. The average Bonchev–Trinajstić information content (AvgIpc) is 3.87. The molecule has 3 aliphatic rings. The molecule has 20 nitrogen and oxygen atoms in total. The van der Waals surface area contributed by atoms with Gasteiger partial charge < -0.3 is 49.9 Å². The first-order valence-corrected chi connectivity index (χ1v) is 18.4. The van der Waals surface area contributed by atoms with E-state index in [2.05, 4.69) is 26.6 Å². The lowest BCUT2D eigenvalue weighted by molar-refractivity contribution is -0.139. The Morgan fingerprint density at radius 1 is 0.839 bits per heavy atom. The third-order valence-corrected chi connectivity index (χ3v) is 8.75. The van der Waals surface area contributed by atoms with Crippen molar-refractivity contribution in [3.8, 4) is 0 Å². The highest BCUT2D eigenvalue weighted by Crippen LogP contribution is 2.17. The van der Waals surface area contributed by atoms with Crippen LogP contribution in [0.1, 0.15) is 12.0 Å². The van der Waals surface area contributed by atoms with Crippen LogP contribution in [-0.4, -0.2) is 179 Å². The summed E-state index contributed by atoms with van der Waals surface area (Å²) in [6, 6.07) is 8.09. The summed E-state index contributed by atoms with van der Waals surface area (Å²) in [5, 5.41) is 13.4. The molecule has 7 amide bonds. The van der Waals surface area contributed by atoms with Crippen molar-refractivity contribution in [3.63, 3.8) is 0 Å². The van der Waals surface area contributed by atoms with Crippen LogP contribution >= 0.6 is 0 Å². The van der Waals surface area contributed by atoms with E-state index in [9.17, 15) is 38.4 Å². The molecular weight excluding hydrogens is 736 g/mol. The molecule has 0 aliphatic carbocycles. The summed E-state index contributed by atoms with van der Waals surface area (Å²) in [5.74, 6) is -2.88. The van der Waals surface area contributed by atoms with E-state index in [1.807, 2.05) is 23.1 Å². The highest BCUT2D eigenvalue weighted by Gasteiger charge is 2.39. The number of amides is 7. The van der Waals surface area contributed by atoms with Crippen LogP contribution in [-0.2, 0) is 63.7 Å².